The zero-order valence-corrected chi connectivity index (χ0v) is 17.6. The monoisotopic (exact) mass is 374 g/mol. The summed E-state index contributed by atoms with van der Waals surface area (Å²) in [5, 5.41) is 4.73. The summed E-state index contributed by atoms with van der Waals surface area (Å²) < 4.78 is 5.17. The number of carbonyl (C=O) groups excluding carboxylic acids is 2. The number of primary amides is 1. The summed E-state index contributed by atoms with van der Waals surface area (Å²) in [5.41, 5.74) is 5.69. The van der Waals surface area contributed by atoms with Crippen molar-refractivity contribution in [3.8, 4) is 0 Å². The second-order valence-corrected chi connectivity index (χ2v) is 6.49. The highest BCUT2D eigenvalue weighted by molar-refractivity contribution is 5.86. The highest BCUT2D eigenvalue weighted by Crippen LogP contribution is 2.17. The Labute approximate surface area is 163 Å². The van der Waals surface area contributed by atoms with Crippen molar-refractivity contribution < 1.29 is 14.3 Å². The van der Waals surface area contributed by atoms with E-state index in [0.29, 0.717) is 6.42 Å². The smallest absolute Gasteiger partial charge is 0.408 e. The van der Waals surface area contributed by atoms with Gasteiger partial charge in [-0.25, -0.2) is 4.79 Å². The number of rotatable bonds is 4. The fourth-order valence-corrected chi connectivity index (χ4v) is 2.27. The van der Waals surface area contributed by atoms with Crippen molar-refractivity contribution in [1.82, 2.24) is 5.32 Å². The SMILES string of the molecule is CC.CC.CC(C)(C)OC(=O)N[C@H](Cc1ccc2ccccc2c1)C(N)=O. The minimum Gasteiger partial charge on any atom is -0.444 e. The number of hydrogen-bond donors (Lipinski definition) is 2. The van der Waals surface area contributed by atoms with Gasteiger partial charge in [-0.3, -0.25) is 4.79 Å². The minimum absolute atomic E-state index is 0.319. The summed E-state index contributed by atoms with van der Waals surface area (Å²) >= 11 is 0. The maximum atomic E-state index is 11.8. The van der Waals surface area contributed by atoms with E-state index in [1.165, 1.54) is 0 Å². The molecule has 5 nitrogen and oxygen atoms in total. The highest BCUT2D eigenvalue weighted by atomic mass is 16.6. The molecular weight excluding hydrogens is 340 g/mol. The average molecular weight is 375 g/mol. The van der Waals surface area contributed by atoms with Crippen LogP contribution in [-0.2, 0) is 16.0 Å². The third kappa shape index (κ3) is 9.08. The molecule has 0 aliphatic rings. The first-order valence-electron chi connectivity index (χ1n) is 9.51. The summed E-state index contributed by atoms with van der Waals surface area (Å²) in [4.78, 5) is 23.5. The molecule has 0 radical (unpaired) electrons. The first-order valence-corrected chi connectivity index (χ1v) is 9.51. The first-order chi connectivity index (χ1) is 12.7. The molecule has 0 aliphatic carbocycles. The van der Waals surface area contributed by atoms with Gasteiger partial charge in [-0.05, 0) is 37.1 Å². The number of hydrogen-bond acceptors (Lipinski definition) is 3. The molecule has 2 rings (SSSR count). The Balaban J connectivity index is 0.00000158. The van der Waals surface area contributed by atoms with Gasteiger partial charge >= 0.3 is 6.09 Å². The number of benzene rings is 2. The zero-order chi connectivity index (χ0) is 21.0. The van der Waals surface area contributed by atoms with Gasteiger partial charge in [0.1, 0.15) is 11.6 Å². The van der Waals surface area contributed by atoms with Crippen molar-refractivity contribution in [3.63, 3.8) is 0 Å². The van der Waals surface area contributed by atoms with Gasteiger partial charge in [0.05, 0.1) is 0 Å². The molecular formula is C22H34N2O3. The fraction of sp³-hybridized carbons (Fsp3) is 0.455. The van der Waals surface area contributed by atoms with Crippen molar-refractivity contribution in [2.24, 2.45) is 5.73 Å². The van der Waals surface area contributed by atoms with Gasteiger partial charge in [-0.15, -0.1) is 0 Å². The third-order valence-electron chi connectivity index (χ3n) is 3.29. The van der Waals surface area contributed by atoms with Crippen LogP contribution in [0.3, 0.4) is 0 Å². The molecule has 0 aromatic heterocycles. The number of nitrogens with one attached hydrogen (secondary N) is 1. The molecule has 5 heteroatoms. The van der Waals surface area contributed by atoms with E-state index in [1.54, 1.807) is 20.8 Å². The van der Waals surface area contributed by atoms with Gasteiger partial charge in [0, 0.05) is 6.42 Å². The van der Waals surface area contributed by atoms with Crippen molar-refractivity contribution in [2.75, 3.05) is 0 Å². The van der Waals surface area contributed by atoms with Crippen LogP contribution < -0.4 is 11.1 Å². The topological polar surface area (TPSA) is 81.4 Å². The summed E-state index contributed by atoms with van der Waals surface area (Å²) in [6.07, 6.45) is -0.332. The van der Waals surface area contributed by atoms with E-state index in [0.717, 1.165) is 16.3 Å². The third-order valence-corrected chi connectivity index (χ3v) is 3.29. The van der Waals surface area contributed by atoms with Crippen molar-refractivity contribution in [3.05, 3.63) is 48.0 Å². The quantitative estimate of drug-likeness (QED) is 0.805. The van der Waals surface area contributed by atoms with Crippen LogP contribution in [0, 0.1) is 0 Å². The van der Waals surface area contributed by atoms with Gasteiger partial charge in [-0.1, -0.05) is 70.2 Å². The van der Waals surface area contributed by atoms with E-state index in [4.69, 9.17) is 10.5 Å². The van der Waals surface area contributed by atoms with Crippen LogP contribution in [0.1, 0.15) is 54.0 Å². The first kappa shape index (κ1) is 24.4. The average Bonchev–Trinajstić information content (AvgIpc) is 2.63. The minimum atomic E-state index is -0.814. The van der Waals surface area contributed by atoms with Gasteiger partial charge in [0.15, 0.2) is 0 Å². The molecule has 2 aromatic carbocycles. The molecule has 0 bridgehead atoms. The number of amides is 2. The lowest BCUT2D eigenvalue weighted by Crippen LogP contribution is -2.47. The fourth-order valence-electron chi connectivity index (χ4n) is 2.27. The number of alkyl carbamates (subject to hydrolysis) is 1. The molecule has 0 aliphatic heterocycles. The highest BCUT2D eigenvalue weighted by Gasteiger charge is 2.23. The Morgan fingerprint density at radius 2 is 1.56 bits per heavy atom. The molecule has 0 heterocycles. The summed E-state index contributed by atoms with van der Waals surface area (Å²) in [5.74, 6) is -0.594. The lowest BCUT2D eigenvalue weighted by molar-refractivity contribution is -0.120. The van der Waals surface area contributed by atoms with Crippen LogP contribution >= 0.6 is 0 Å². The molecule has 2 amide bonds. The molecule has 0 saturated heterocycles. The van der Waals surface area contributed by atoms with Crippen molar-refractivity contribution >= 4 is 22.8 Å². The molecule has 0 spiro atoms. The van der Waals surface area contributed by atoms with Gasteiger partial charge in [0.2, 0.25) is 5.91 Å². The number of nitrogens with two attached hydrogens (primary N) is 1. The molecule has 0 unspecified atom stereocenters. The summed E-state index contributed by atoms with van der Waals surface area (Å²) in [7, 11) is 0. The molecule has 2 aromatic rings. The zero-order valence-electron chi connectivity index (χ0n) is 17.6. The summed E-state index contributed by atoms with van der Waals surface area (Å²) in [6.45, 7) is 13.3. The standard InChI is InChI=1S/C18H22N2O3.2C2H6/c1-18(2,3)23-17(22)20-15(16(19)21)11-12-8-9-13-6-4-5-7-14(13)10-12;2*1-2/h4-10,15H,11H2,1-3H3,(H2,19,21)(H,20,22);2*1-2H3/t15-;;/m1../s1. The predicted octanol–water partition coefficient (Wildman–Crippen LogP) is 4.81. The number of fused-ring (bicyclic) bond motifs is 1. The van der Waals surface area contributed by atoms with Crippen LogP contribution in [-0.4, -0.2) is 23.6 Å². The maximum Gasteiger partial charge on any atom is 0.408 e. The predicted molar refractivity (Wildman–Crippen MR) is 113 cm³/mol. The van der Waals surface area contributed by atoms with Crippen LogP contribution in [0.15, 0.2) is 42.5 Å². The Hall–Kier alpha value is -2.56. The Morgan fingerprint density at radius 1 is 1.00 bits per heavy atom. The lowest BCUT2D eigenvalue weighted by Gasteiger charge is -2.22. The van der Waals surface area contributed by atoms with Crippen molar-refractivity contribution in [1.29, 1.82) is 0 Å². The van der Waals surface area contributed by atoms with Crippen molar-refractivity contribution in [2.45, 2.75) is 66.5 Å². The number of carbonyl (C=O) groups is 2. The van der Waals surface area contributed by atoms with E-state index in [1.807, 2.05) is 70.2 Å². The van der Waals surface area contributed by atoms with E-state index in [-0.39, 0.29) is 0 Å². The molecule has 0 saturated carbocycles. The van der Waals surface area contributed by atoms with Gasteiger partial charge < -0.3 is 15.8 Å². The van der Waals surface area contributed by atoms with Crippen LogP contribution in [0.4, 0.5) is 4.79 Å². The maximum absolute atomic E-state index is 11.8. The van der Waals surface area contributed by atoms with E-state index < -0.39 is 23.6 Å². The Bertz CT molecular complexity index is 721. The van der Waals surface area contributed by atoms with E-state index in [2.05, 4.69) is 5.32 Å². The molecule has 27 heavy (non-hydrogen) atoms. The molecule has 0 fully saturated rings. The second-order valence-electron chi connectivity index (χ2n) is 6.49. The Morgan fingerprint density at radius 3 is 2.07 bits per heavy atom. The van der Waals surface area contributed by atoms with E-state index >= 15 is 0 Å². The molecule has 150 valence electrons. The number of ether oxygens (including phenoxy) is 1. The van der Waals surface area contributed by atoms with Gasteiger partial charge in [-0.2, -0.15) is 0 Å². The molecule has 1 atom stereocenters. The largest absolute Gasteiger partial charge is 0.444 e. The van der Waals surface area contributed by atoms with E-state index in [9.17, 15) is 9.59 Å². The molecule has 3 N–H and O–H groups in total. The van der Waals surface area contributed by atoms with Crippen LogP contribution in [0.5, 0.6) is 0 Å². The summed E-state index contributed by atoms with van der Waals surface area (Å²) in [6, 6.07) is 13.0. The van der Waals surface area contributed by atoms with Gasteiger partial charge in [0.25, 0.3) is 0 Å². The lowest BCUT2D eigenvalue weighted by atomic mass is 10.0. The Kier molecular flexibility index (Phi) is 10.8. The normalized spacial score (nSPS) is 11.2. The van der Waals surface area contributed by atoms with Crippen LogP contribution in [0.25, 0.3) is 10.8 Å². The second kappa shape index (κ2) is 11.9. The van der Waals surface area contributed by atoms with Crippen LogP contribution in [0.2, 0.25) is 0 Å².